The number of hydrogen-bond donors (Lipinski definition) is 1. The van der Waals surface area contributed by atoms with Crippen LogP contribution in [0.2, 0.25) is 0 Å². The lowest BCUT2D eigenvalue weighted by molar-refractivity contribution is 0.0696. The van der Waals surface area contributed by atoms with Crippen molar-refractivity contribution in [3.8, 4) is 0 Å². The number of aromatic nitrogens is 3. The highest BCUT2D eigenvalue weighted by Gasteiger charge is 1.97. The van der Waals surface area contributed by atoms with Crippen LogP contribution < -0.4 is 0 Å². The van der Waals surface area contributed by atoms with Crippen LogP contribution in [0.1, 0.15) is 10.4 Å². The molecule has 0 unspecified atom stereocenters. The predicted octanol–water partition coefficient (Wildman–Crippen LogP) is 1.26. The van der Waals surface area contributed by atoms with E-state index in [-0.39, 0.29) is 5.56 Å². The van der Waals surface area contributed by atoms with Crippen molar-refractivity contribution < 1.29 is 9.90 Å². The molecule has 2 aromatic rings. The van der Waals surface area contributed by atoms with Gasteiger partial charge in [0.1, 0.15) is 6.33 Å². The van der Waals surface area contributed by atoms with Crippen LogP contribution in [0.3, 0.4) is 0 Å². The van der Waals surface area contributed by atoms with E-state index in [2.05, 4.69) is 15.0 Å². The summed E-state index contributed by atoms with van der Waals surface area (Å²) in [7, 11) is 0. The standard InChI is InChI=1S/C6H5NO2.C4H4N2/c8-6(9)5-2-1-3-7-4-5;1-2-5-4-6-3-1/h1-4H,(H,8,9);1-4H. The van der Waals surface area contributed by atoms with Crippen LogP contribution in [0, 0.1) is 0 Å². The van der Waals surface area contributed by atoms with Gasteiger partial charge in [0.05, 0.1) is 5.56 Å². The van der Waals surface area contributed by atoms with E-state index >= 15 is 0 Å². The maximum Gasteiger partial charge on any atom is 0.337 e. The molecule has 0 spiro atoms. The Morgan fingerprint density at radius 3 is 2.00 bits per heavy atom. The highest BCUT2D eigenvalue weighted by molar-refractivity contribution is 5.86. The highest BCUT2D eigenvalue weighted by Crippen LogP contribution is 1.92. The lowest BCUT2D eigenvalue weighted by atomic mass is 10.3. The Kier molecular flexibility index (Phi) is 4.45. The Hall–Kier alpha value is -2.30. The van der Waals surface area contributed by atoms with Crippen molar-refractivity contribution in [1.82, 2.24) is 15.0 Å². The van der Waals surface area contributed by atoms with Gasteiger partial charge in [0.15, 0.2) is 0 Å². The first-order chi connectivity index (χ1) is 7.30. The van der Waals surface area contributed by atoms with E-state index in [1.54, 1.807) is 24.5 Å². The van der Waals surface area contributed by atoms with Gasteiger partial charge in [-0.1, -0.05) is 0 Å². The molecule has 0 fully saturated rings. The predicted molar refractivity (Wildman–Crippen MR) is 53.2 cm³/mol. The zero-order valence-electron chi connectivity index (χ0n) is 7.82. The van der Waals surface area contributed by atoms with Gasteiger partial charge in [-0.3, -0.25) is 4.98 Å². The Bertz CT molecular complexity index is 365. The quantitative estimate of drug-likeness (QED) is 0.754. The van der Waals surface area contributed by atoms with Gasteiger partial charge in [-0.15, -0.1) is 0 Å². The number of nitrogens with zero attached hydrogens (tertiary/aromatic N) is 3. The first-order valence-electron chi connectivity index (χ1n) is 4.14. The zero-order chi connectivity index (χ0) is 10.9. The van der Waals surface area contributed by atoms with Crippen LogP contribution in [0.4, 0.5) is 0 Å². The van der Waals surface area contributed by atoms with Crippen LogP contribution in [-0.4, -0.2) is 26.0 Å². The third kappa shape index (κ3) is 4.47. The molecular weight excluding hydrogens is 194 g/mol. The molecule has 0 aliphatic carbocycles. The van der Waals surface area contributed by atoms with E-state index in [0.717, 1.165) is 0 Å². The lowest BCUT2D eigenvalue weighted by Gasteiger charge is -1.87. The van der Waals surface area contributed by atoms with E-state index in [9.17, 15) is 4.79 Å². The molecule has 0 saturated carbocycles. The van der Waals surface area contributed by atoms with Crippen molar-refractivity contribution >= 4 is 5.97 Å². The van der Waals surface area contributed by atoms with E-state index in [1.807, 2.05) is 0 Å². The fourth-order valence-corrected chi connectivity index (χ4v) is 0.743. The summed E-state index contributed by atoms with van der Waals surface area (Å²) in [5.74, 6) is -0.942. The summed E-state index contributed by atoms with van der Waals surface area (Å²) in [5.41, 5.74) is 0.220. The van der Waals surface area contributed by atoms with Gasteiger partial charge in [-0.25, -0.2) is 14.8 Å². The first kappa shape index (κ1) is 10.8. The normalized spacial score (nSPS) is 8.53. The number of hydrogen-bond acceptors (Lipinski definition) is 4. The fraction of sp³-hybridized carbons (Fsp3) is 0. The van der Waals surface area contributed by atoms with E-state index < -0.39 is 5.97 Å². The van der Waals surface area contributed by atoms with Crippen LogP contribution >= 0.6 is 0 Å². The van der Waals surface area contributed by atoms with Crippen molar-refractivity contribution in [3.63, 3.8) is 0 Å². The summed E-state index contributed by atoms with van der Waals surface area (Å²) in [6.07, 6.45) is 7.72. The third-order valence-electron chi connectivity index (χ3n) is 1.39. The van der Waals surface area contributed by atoms with Gasteiger partial charge in [-0.2, -0.15) is 0 Å². The minimum Gasteiger partial charge on any atom is -0.478 e. The Labute approximate surface area is 86.5 Å². The smallest absolute Gasteiger partial charge is 0.337 e. The molecule has 2 heterocycles. The number of carbonyl (C=O) groups is 1. The maximum atomic E-state index is 10.2. The summed E-state index contributed by atoms with van der Waals surface area (Å²) >= 11 is 0. The molecule has 1 N–H and O–H groups in total. The van der Waals surface area contributed by atoms with Gasteiger partial charge in [0.25, 0.3) is 0 Å². The van der Waals surface area contributed by atoms with Gasteiger partial charge in [0, 0.05) is 24.8 Å². The number of rotatable bonds is 1. The maximum absolute atomic E-state index is 10.2. The minimum absolute atomic E-state index is 0.220. The van der Waals surface area contributed by atoms with Crippen molar-refractivity contribution in [1.29, 1.82) is 0 Å². The summed E-state index contributed by atoms with van der Waals surface area (Å²) in [4.78, 5) is 21.1. The zero-order valence-corrected chi connectivity index (χ0v) is 7.82. The molecular formula is C10H9N3O2. The van der Waals surface area contributed by atoms with E-state index in [4.69, 9.17) is 5.11 Å². The van der Waals surface area contributed by atoms with Gasteiger partial charge in [0.2, 0.25) is 0 Å². The molecule has 76 valence electrons. The van der Waals surface area contributed by atoms with Crippen LogP contribution in [-0.2, 0) is 0 Å². The molecule has 0 amide bonds. The van der Waals surface area contributed by atoms with Crippen LogP contribution in [0.25, 0.3) is 0 Å². The SMILES string of the molecule is O=C(O)c1cccnc1.c1cncnc1. The Balaban J connectivity index is 0.000000162. The second-order valence-corrected chi connectivity index (χ2v) is 2.45. The summed E-state index contributed by atoms with van der Waals surface area (Å²) in [6.45, 7) is 0. The van der Waals surface area contributed by atoms with Crippen molar-refractivity contribution in [3.05, 3.63) is 54.9 Å². The molecule has 0 aromatic carbocycles. The van der Waals surface area contributed by atoms with Gasteiger partial charge >= 0.3 is 5.97 Å². The van der Waals surface area contributed by atoms with Gasteiger partial charge < -0.3 is 5.11 Å². The average molecular weight is 203 g/mol. The Morgan fingerprint density at radius 1 is 1.07 bits per heavy atom. The second-order valence-electron chi connectivity index (χ2n) is 2.45. The number of carboxylic acid groups (broad SMARTS) is 1. The Morgan fingerprint density at radius 2 is 1.73 bits per heavy atom. The second kappa shape index (κ2) is 6.20. The molecule has 15 heavy (non-hydrogen) atoms. The van der Waals surface area contributed by atoms with Crippen molar-refractivity contribution in [2.24, 2.45) is 0 Å². The van der Waals surface area contributed by atoms with E-state index in [0.29, 0.717) is 0 Å². The van der Waals surface area contributed by atoms with Crippen LogP contribution in [0.15, 0.2) is 49.3 Å². The lowest BCUT2D eigenvalue weighted by Crippen LogP contribution is -1.94. The summed E-state index contributed by atoms with van der Waals surface area (Å²) < 4.78 is 0. The minimum atomic E-state index is -0.942. The molecule has 2 aromatic heterocycles. The molecule has 5 heteroatoms. The third-order valence-corrected chi connectivity index (χ3v) is 1.39. The molecule has 0 aliphatic heterocycles. The van der Waals surface area contributed by atoms with Gasteiger partial charge in [-0.05, 0) is 18.2 Å². The number of carboxylic acids is 1. The molecule has 5 nitrogen and oxygen atoms in total. The molecule has 0 bridgehead atoms. The van der Waals surface area contributed by atoms with Crippen molar-refractivity contribution in [2.75, 3.05) is 0 Å². The monoisotopic (exact) mass is 203 g/mol. The summed E-state index contributed by atoms with van der Waals surface area (Å²) in [5, 5.41) is 8.34. The largest absolute Gasteiger partial charge is 0.478 e. The van der Waals surface area contributed by atoms with E-state index in [1.165, 1.54) is 24.8 Å². The van der Waals surface area contributed by atoms with Crippen molar-refractivity contribution in [2.45, 2.75) is 0 Å². The first-order valence-corrected chi connectivity index (χ1v) is 4.14. The van der Waals surface area contributed by atoms with Crippen LogP contribution in [0.5, 0.6) is 0 Å². The topological polar surface area (TPSA) is 76.0 Å². The molecule has 0 atom stereocenters. The number of aromatic carboxylic acids is 1. The molecule has 0 radical (unpaired) electrons. The summed E-state index contributed by atoms with van der Waals surface area (Å²) in [6, 6.07) is 4.86. The average Bonchev–Trinajstić information content (AvgIpc) is 2.33. The molecule has 0 saturated heterocycles. The molecule has 0 aliphatic rings. The molecule has 2 rings (SSSR count). The highest BCUT2D eigenvalue weighted by atomic mass is 16.4. The fourth-order valence-electron chi connectivity index (χ4n) is 0.743. The number of pyridine rings is 1.